The van der Waals surface area contributed by atoms with E-state index < -0.39 is 0 Å². The van der Waals surface area contributed by atoms with Gasteiger partial charge in [0, 0.05) is 5.54 Å². The number of rotatable bonds is 5. The Hall–Kier alpha value is -0.0400. The predicted molar refractivity (Wildman–Crippen MR) is 70.3 cm³/mol. The molecule has 0 amide bonds. The fraction of sp³-hybridized carbons (Fsp3) is 1.00. The zero-order valence-electron chi connectivity index (χ0n) is 11.2. The SMILES string of the molecule is CCCC1CCC(C2(N)CC2CCC)CC1. The standard InChI is InChI=1S/C15H29N/c1-3-5-12-7-9-13(10-8-12)15(16)11-14(15)6-4-2/h12-14H,3-11,16H2,1-2H3. The van der Waals surface area contributed by atoms with Crippen molar-refractivity contribution in [2.45, 2.75) is 77.2 Å². The molecule has 16 heavy (non-hydrogen) atoms. The summed E-state index contributed by atoms with van der Waals surface area (Å²) in [5, 5.41) is 0. The highest BCUT2D eigenvalue weighted by Gasteiger charge is 2.54. The maximum absolute atomic E-state index is 6.57. The maximum Gasteiger partial charge on any atom is 0.0215 e. The summed E-state index contributed by atoms with van der Waals surface area (Å²) in [6, 6.07) is 0. The van der Waals surface area contributed by atoms with Gasteiger partial charge in [-0.15, -0.1) is 0 Å². The van der Waals surface area contributed by atoms with E-state index in [0.29, 0.717) is 0 Å². The van der Waals surface area contributed by atoms with Gasteiger partial charge in [0.15, 0.2) is 0 Å². The highest BCUT2D eigenvalue weighted by molar-refractivity contribution is 5.11. The molecule has 1 nitrogen and oxygen atoms in total. The van der Waals surface area contributed by atoms with E-state index in [0.717, 1.165) is 17.8 Å². The van der Waals surface area contributed by atoms with Crippen molar-refractivity contribution in [3.8, 4) is 0 Å². The van der Waals surface area contributed by atoms with Crippen molar-refractivity contribution in [2.24, 2.45) is 23.5 Å². The molecule has 0 spiro atoms. The largest absolute Gasteiger partial charge is 0.325 e. The fourth-order valence-corrected chi connectivity index (χ4v) is 3.98. The zero-order valence-corrected chi connectivity index (χ0v) is 11.2. The second-order valence-corrected chi connectivity index (χ2v) is 6.31. The van der Waals surface area contributed by atoms with Gasteiger partial charge in [-0.25, -0.2) is 0 Å². The van der Waals surface area contributed by atoms with E-state index in [1.807, 2.05) is 0 Å². The van der Waals surface area contributed by atoms with Gasteiger partial charge in [-0.3, -0.25) is 0 Å². The molecule has 0 radical (unpaired) electrons. The summed E-state index contributed by atoms with van der Waals surface area (Å²) in [6.07, 6.45) is 12.6. The summed E-state index contributed by atoms with van der Waals surface area (Å²) < 4.78 is 0. The van der Waals surface area contributed by atoms with Crippen LogP contribution in [0.4, 0.5) is 0 Å². The van der Waals surface area contributed by atoms with Crippen molar-refractivity contribution < 1.29 is 0 Å². The molecule has 0 aromatic heterocycles. The van der Waals surface area contributed by atoms with Crippen molar-refractivity contribution in [3.05, 3.63) is 0 Å². The highest BCUT2D eigenvalue weighted by Crippen LogP contribution is 2.54. The average Bonchev–Trinajstić information content (AvgIpc) is 2.93. The molecule has 2 N–H and O–H groups in total. The Kier molecular flexibility index (Phi) is 3.94. The Morgan fingerprint density at radius 2 is 1.62 bits per heavy atom. The average molecular weight is 223 g/mol. The molecule has 2 aliphatic rings. The third kappa shape index (κ3) is 2.45. The van der Waals surface area contributed by atoms with Gasteiger partial charge < -0.3 is 5.73 Å². The van der Waals surface area contributed by atoms with Crippen LogP contribution in [-0.2, 0) is 0 Å². The lowest BCUT2D eigenvalue weighted by atomic mass is 9.75. The van der Waals surface area contributed by atoms with E-state index in [2.05, 4.69) is 13.8 Å². The first-order valence-electron chi connectivity index (χ1n) is 7.49. The molecule has 0 heterocycles. The Balaban J connectivity index is 1.77. The van der Waals surface area contributed by atoms with Crippen LogP contribution in [0.5, 0.6) is 0 Å². The number of nitrogens with two attached hydrogens (primary N) is 1. The van der Waals surface area contributed by atoms with Crippen molar-refractivity contribution in [1.82, 2.24) is 0 Å². The lowest BCUT2D eigenvalue weighted by Gasteiger charge is -2.33. The predicted octanol–water partition coefficient (Wildman–Crippen LogP) is 4.11. The van der Waals surface area contributed by atoms with Gasteiger partial charge in [0.2, 0.25) is 0 Å². The molecular weight excluding hydrogens is 194 g/mol. The van der Waals surface area contributed by atoms with Crippen LogP contribution in [0, 0.1) is 17.8 Å². The minimum Gasteiger partial charge on any atom is -0.325 e. The molecule has 2 aliphatic carbocycles. The first-order chi connectivity index (χ1) is 7.70. The summed E-state index contributed by atoms with van der Waals surface area (Å²) in [5.41, 5.74) is 6.84. The molecule has 0 saturated heterocycles. The van der Waals surface area contributed by atoms with Crippen LogP contribution in [0.25, 0.3) is 0 Å². The van der Waals surface area contributed by atoms with E-state index in [1.54, 1.807) is 0 Å². The van der Waals surface area contributed by atoms with Crippen molar-refractivity contribution >= 4 is 0 Å². The summed E-state index contributed by atoms with van der Waals surface area (Å²) >= 11 is 0. The lowest BCUT2D eigenvalue weighted by molar-refractivity contribution is 0.214. The third-order valence-corrected chi connectivity index (χ3v) is 5.14. The molecule has 2 rings (SSSR count). The first kappa shape index (κ1) is 12.4. The number of hydrogen-bond donors (Lipinski definition) is 1. The summed E-state index contributed by atoms with van der Waals surface area (Å²) in [7, 11) is 0. The molecule has 2 fully saturated rings. The first-order valence-corrected chi connectivity index (χ1v) is 7.49. The van der Waals surface area contributed by atoms with Crippen molar-refractivity contribution in [3.63, 3.8) is 0 Å². The summed E-state index contributed by atoms with van der Waals surface area (Å²) in [5.74, 6) is 2.75. The molecule has 2 atom stereocenters. The molecule has 94 valence electrons. The Labute approximate surface area is 101 Å². The Morgan fingerprint density at radius 1 is 1.00 bits per heavy atom. The zero-order chi connectivity index (χ0) is 11.6. The van der Waals surface area contributed by atoms with Gasteiger partial charge in [0.25, 0.3) is 0 Å². The molecule has 0 aliphatic heterocycles. The molecule has 2 unspecified atom stereocenters. The van der Waals surface area contributed by atoms with Crippen molar-refractivity contribution in [1.29, 1.82) is 0 Å². The van der Waals surface area contributed by atoms with Gasteiger partial charge in [-0.2, -0.15) is 0 Å². The Bertz CT molecular complexity index is 217. The number of hydrogen-bond acceptors (Lipinski definition) is 1. The second-order valence-electron chi connectivity index (χ2n) is 6.31. The van der Waals surface area contributed by atoms with Crippen LogP contribution in [0.3, 0.4) is 0 Å². The smallest absolute Gasteiger partial charge is 0.0215 e. The van der Waals surface area contributed by atoms with E-state index in [9.17, 15) is 0 Å². The third-order valence-electron chi connectivity index (χ3n) is 5.14. The van der Waals surface area contributed by atoms with Gasteiger partial charge in [0.1, 0.15) is 0 Å². The van der Waals surface area contributed by atoms with E-state index >= 15 is 0 Å². The van der Waals surface area contributed by atoms with E-state index in [-0.39, 0.29) is 5.54 Å². The highest BCUT2D eigenvalue weighted by atomic mass is 14.9. The fourth-order valence-electron chi connectivity index (χ4n) is 3.98. The van der Waals surface area contributed by atoms with Crippen LogP contribution < -0.4 is 5.73 Å². The van der Waals surface area contributed by atoms with Gasteiger partial charge in [0.05, 0.1) is 0 Å². The molecule has 0 aromatic rings. The van der Waals surface area contributed by atoms with Crippen LogP contribution in [0.2, 0.25) is 0 Å². The van der Waals surface area contributed by atoms with Crippen LogP contribution in [0.1, 0.15) is 71.6 Å². The van der Waals surface area contributed by atoms with Gasteiger partial charge in [-0.05, 0) is 43.4 Å². The summed E-state index contributed by atoms with van der Waals surface area (Å²) in [4.78, 5) is 0. The maximum atomic E-state index is 6.57. The van der Waals surface area contributed by atoms with E-state index in [1.165, 1.54) is 57.8 Å². The molecule has 2 saturated carbocycles. The van der Waals surface area contributed by atoms with E-state index in [4.69, 9.17) is 5.73 Å². The molecular formula is C15H29N. The molecule has 0 aromatic carbocycles. The van der Waals surface area contributed by atoms with Crippen LogP contribution >= 0.6 is 0 Å². The normalized spacial score (nSPS) is 43.3. The molecule has 1 heteroatoms. The quantitative estimate of drug-likeness (QED) is 0.745. The lowest BCUT2D eigenvalue weighted by Crippen LogP contribution is -2.37. The minimum atomic E-state index is 0.271. The minimum absolute atomic E-state index is 0.271. The van der Waals surface area contributed by atoms with Crippen LogP contribution in [0.15, 0.2) is 0 Å². The Morgan fingerprint density at radius 3 is 2.19 bits per heavy atom. The van der Waals surface area contributed by atoms with Gasteiger partial charge in [-0.1, -0.05) is 46.0 Å². The summed E-state index contributed by atoms with van der Waals surface area (Å²) in [6.45, 7) is 4.60. The monoisotopic (exact) mass is 223 g/mol. The second kappa shape index (κ2) is 5.08. The molecule has 0 bridgehead atoms. The van der Waals surface area contributed by atoms with Crippen LogP contribution in [-0.4, -0.2) is 5.54 Å². The topological polar surface area (TPSA) is 26.0 Å². The van der Waals surface area contributed by atoms with Crippen molar-refractivity contribution in [2.75, 3.05) is 0 Å². The van der Waals surface area contributed by atoms with Gasteiger partial charge >= 0.3 is 0 Å².